The molecule has 1 N–H and O–H groups in total. The van der Waals surface area contributed by atoms with Gasteiger partial charge in [0.25, 0.3) is 0 Å². The van der Waals surface area contributed by atoms with E-state index in [0.29, 0.717) is 17.0 Å². The standard InChI is InChI=1S/C13H15Cl2NO3/c1-8(2)16(7-17)13(3,12(18)19)9-4-5-10(14)11(15)6-9/h4-8H,1-3H3,(H,18,19). The highest BCUT2D eigenvalue weighted by atomic mass is 35.5. The highest BCUT2D eigenvalue weighted by molar-refractivity contribution is 6.42. The van der Waals surface area contributed by atoms with Gasteiger partial charge in [-0.2, -0.15) is 0 Å². The molecule has 0 aliphatic heterocycles. The van der Waals surface area contributed by atoms with Gasteiger partial charge >= 0.3 is 5.97 Å². The number of hydrogen-bond donors (Lipinski definition) is 1. The first kappa shape index (κ1) is 15.8. The summed E-state index contributed by atoms with van der Waals surface area (Å²) in [4.78, 5) is 24.1. The minimum atomic E-state index is -1.50. The molecule has 0 fully saturated rings. The van der Waals surface area contributed by atoms with Gasteiger partial charge in [-0.3, -0.25) is 4.79 Å². The fraction of sp³-hybridized carbons (Fsp3) is 0.385. The van der Waals surface area contributed by atoms with Crippen LogP contribution in [0.5, 0.6) is 0 Å². The van der Waals surface area contributed by atoms with E-state index in [0.717, 1.165) is 0 Å². The molecule has 6 heteroatoms. The highest BCUT2D eigenvalue weighted by Crippen LogP contribution is 2.33. The molecular formula is C13H15Cl2NO3. The molecule has 0 radical (unpaired) electrons. The van der Waals surface area contributed by atoms with Crippen LogP contribution < -0.4 is 0 Å². The summed E-state index contributed by atoms with van der Waals surface area (Å²) in [6, 6.07) is 4.27. The lowest BCUT2D eigenvalue weighted by atomic mass is 9.89. The van der Waals surface area contributed by atoms with E-state index in [9.17, 15) is 14.7 Å². The van der Waals surface area contributed by atoms with Crippen LogP contribution in [0.1, 0.15) is 26.3 Å². The van der Waals surface area contributed by atoms with E-state index in [1.54, 1.807) is 19.9 Å². The molecule has 19 heavy (non-hydrogen) atoms. The monoisotopic (exact) mass is 303 g/mol. The van der Waals surface area contributed by atoms with Crippen molar-refractivity contribution in [2.75, 3.05) is 0 Å². The van der Waals surface area contributed by atoms with Gasteiger partial charge in [0.2, 0.25) is 6.41 Å². The second-order valence-electron chi connectivity index (χ2n) is 4.61. The summed E-state index contributed by atoms with van der Waals surface area (Å²) in [5.41, 5.74) is -1.10. The third-order valence-electron chi connectivity index (χ3n) is 3.08. The maximum absolute atomic E-state index is 11.6. The Morgan fingerprint density at radius 3 is 2.32 bits per heavy atom. The van der Waals surface area contributed by atoms with Crippen LogP contribution in [0.25, 0.3) is 0 Å². The van der Waals surface area contributed by atoms with Crippen LogP contribution in [0.4, 0.5) is 0 Å². The van der Waals surface area contributed by atoms with Crippen molar-refractivity contribution in [3.63, 3.8) is 0 Å². The molecule has 1 amide bonds. The number of carboxylic acids is 1. The molecule has 1 atom stereocenters. The number of carbonyl (C=O) groups is 2. The number of benzene rings is 1. The minimum Gasteiger partial charge on any atom is -0.479 e. The van der Waals surface area contributed by atoms with Crippen molar-refractivity contribution in [2.24, 2.45) is 0 Å². The lowest BCUT2D eigenvalue weighted by Crippen LogP contribution is -2.52. The van der Waals surface area contributed by atoms with Crippen LogP contribution in [0.2, 0.25) is 10.0 Å². The van der Waals surface area contributed by atoms with Gasteiger partial charge < -0.3 is 10.0 Å². The number of amides is 1. The second-order valence-corrected chi connectivity index (χ2v) is 5.43. The van der Waals surface area contributed by atoms with Gasteiger partial charge in [0.1, 0.15) is 0 Å². The second kappa shape index (κ2) is 5.80. The van der Waals surface area contributed by atoms with E-state index in [-0.39, 0.29) is 11.1 Å². The number of aliphatic carboxylic acids is 1. The zero-order valence-corrected chi connectivity index (χ0v) is 12.4. The largest absolute Gasteiger partial charge is 0.479 e. The first-order valence-electron chi connectivity index (χ1n) is 5.67. The summed E-state index contributed by atoms with van der Waals surface area (Å²) in [6.07, 6.45) is 0.529. The van der Waals surface area contributed by atoms with Crippen molar-refractivity contribution in [3.8, 4) is 0 Å². The topological polar surface area (TPSA) is 57.6 Å². The Morgan fingerprint density at radius 2 is 1.95 bits per heavy atom. The maximum atomic E-state index is 11.6. The van der Waals surface area contributed by atoms with E-state index < -0.39 is 11.5 Å². The van der Waals surface area contributed by atoms with Crippen LogP contribution in [0, 0.1) is 0 Å². The van der Waals surface area contributed by atoms with Crippen LogP contribution >= 0.6 is 23.2 Å². The third-order valence-corrected chi connectivity index (χ3v) is 3.82. The molecule has 1 unspecified atom stereocenters. The molecule has 0 bridgehead atoms. The van der Waals surface area contributed by atoms with E-state index in [2.05, 4.69) is 0 Å². The summed E-state index contributed by atoms with van der Waals surface area (Å²) < 4.78 is 0. The maximum Gasteiger partial charge on any atom is 0.334 e. The summed E-state index contributed by atoms with van der Waals surface area (Å²) in [6.45, 7) is 4.95. The van der Waals surface area contributed by atoms with Gasteiger partial charge in [0, 0.05) is 6.04 Å². The first-order chi connectivity index (χ1) is 8.75. The Balaban J connectivity index is 3.44. The Morgan fingerprint density at radius 1 is 1.37 bits per heavy atom. The average molecular weight is 304 g/mol. The van der Waals surface area contributed by atoms with E-state index >= 15 is 0 Å². The van der Waals surface area contributed by atoms with E-state index in [1.165, 1.54) is 24.0 Å². The first-order valence-corrected chi connectivity index (χ1v) is 6.43. The Labute approximate surface area is 121 Å². The molecule has 1 aromatic rings. The highest BCUT2D eigenvalue weighted by Gasteiger charge is 2.42. The van der Waals surface area contributed by atoms with Crippen molar-refractivity contribution >= 4 is 35.6 Å². The fourth-order valence-corrected chi connectivity index (χ4v) is 2.22. The van der Waals surface area contributed by atoms with Crippen LogP contribution in [0.3, 0.4) is 0 Å². The van der Waals surface area contributed by atoms with Crippen molar-refractivity contribution < 1.29 is 14.7 Å². The van der Waals surface area contributed by atoms with Gasteiger partial charge in [-0.15, -0.1) is 0 Å². The molecular weight excluding hydrogens is 289 g/mol. The normalized spacial score (nSPS) is 14.0. The predicted octanol–water partition coefficient (Wildman–Crippen LogP) is 3.16. The van der Waals surface area contributed by atoms with Gasteiger partial charge in [0.05, 0.1) is 10.0 Å². The Kier molecular flexibility index (Phi) is 4.82. The predicted molar refractivity (Wildman–Crippen MR) is 74.5 cm³/mol. The van der Waals surface area contributed by atoms with Gasteiger partial charge in [-0.25, -0.2) is 4.79 Å². The van der Waals surface area contributed by atoms with E-state index in [1.807, 2.05) is 0 Å². The summed E-state index contributed by atoms with van der Waals surface area (Å²) >= 11 is 11.7. The minimum absolute atomic E-state index is 0.251. The molecule has 4 nitrogen and oxygen atoms in total. The molecule has 1 rings (SSSR count). The number of nitrogens with zero attached hydrogens (tertiary/aromatic N) is 1. The molecule has 104 valence electrons. The van der Waals surface area contributed by atoms with Crippen molar-refractivity contribution in [1.82, 2.24) is 4.90 Å². The van der Waals surface area contributed by atoms with E-state index in [4.69, 9.17) is 23.2 Å². The molecule has 0 saturated heterocycles. The third kappa shape index (κ3) is 2.85. The zero-order chi connectivity index (χ0) is 14.8. The van der Waals surface area contributed by atoms with Gasteiger partial charge in [0.15, 0.2) is 5.54 Å². The van der Waals surface area contributed by atoms with Crippen molar-refractivity contribution in [1.29, 1.82) is 0 Å². The van der Waals surface area contributed by atoms with Crippen LogP contribution in [-0.4, -0.2) is 28.4 Å². The summed E-state index contributed by atoms with van der Waals surface area (Å²) in [5, 5.41) is 10.1. The quantitative estimate of drug-likeness (QED) is 0.850. The molecule has 0 aliphatic carbocycles. The lowest BCUT2D eigenvalue weighted by Gasteiger charge is -2.38. The summed E-state index contributed by atoms with van der Waals surface area (Å²) in [7, 11) is 0. The number of rotatable bonds is 5. The molecule has 0 aliphatic rings. The zero-order valence-electron chi connectivity index (χ0n) is 10.9. The van der Waals surface area contributed by atoms with Gasteiger partial charge in [-0.1, -0.05) is 29.3 Å². The average Bonchev–Trinajstić information content (AvgIpc) is 2.32. The summed E-state index contributed by atoms with van der Waals surface area (Å²) in [5.74, 6) is -1.13. The SMILES string of the molecule is CC(C)N(C=O)C(C)(C(=O)O)c1ccc(Cl)c(Cl)c1. The number of halogens is 2. The Hall–Kier alpha value is -1.26. The molecule has 0 spiro atoms. The smallest absolute Gasteiger partial charge is 0.334 e. The Bertz CT molecular complexity index is 505. The molecule has 0 heterocycles. The number of carbonyl (C=O) groups excluding carboxylic acids is 1. The molecule has 1 aromatic carbocycles. The van der Waals surface area contributed by atoms with Crippen LogP contribution in [-0.2, 0) is 15.1 Å². The van der Waals surface area contributed by atoms with Gasteiger partial charge in [-0.05, 0) is 38.5 Å². The van der Waals surface area contributed by atoms with Crippen molar-refractivity contribution in [3.05, 3.63) is 33.8 Å². The fourth-order valence-electron chi connectivity index (χ4n) is 1.93. The van der Waals surface area contributed by atoms with Crippen molar-refractivity contribution in [2.45, 2.75) is 32.4 Å². The molecule has 0 aromatic heterocycles. The number of carboxylic acid groups (broad SMARTS) is 1. The lowest BCUT2D eigenvalue weighted by molar-refractivity contribution is -0.156. The number of hydrogen-bond acceptors (Lipinski definition) is 2. The van der Waals surface area contributed by atoms with Crippen LogP contribution in [0.15, 0.2) is 18.2 Å². The molecule has 0 saturated carbocycles.